The van der Waals surface area contributed by atoms with E-state index >= 15 is 0 Å². The Labute approximate surface area is 116 Å². The average molecular weight is 263 g/mol. The minimum Gasteiger partial charge on any atom is -0.496 e. The third-order valence-electron chi connectivity index (χ3n) is 3.88. The highest BCUT2D eigenvalue weighted by Gasteiger charge is 2.19. The van der Waals surface area contributed by atoms with Crippen molar-refractivity contribution in [1.82, 2.24) is 0 Å². The second-order valence-electron chi connectivity index (χ2n) is 5.32. The van der Waals surface area contributed by atoms with Crippen LogP contribution in [0.3, 0.4) is 0 Å². The number of benzene rings is 1. The molecule has 1 atom stereocenters. The highest BCUT2D eigenvalue weighted by Crippen LogP contribution is 2.35. The van der Waals surface area contributed by atoms with E-state index in [1.807, 2.05) is 19.1 Å². The number of nitrogens with zero attached hydrogens (tertiary/aromatic N) is 1. The van der Waals surface area contributed by atoms with Crippen LogP contribution in [0.5, 0.6) is 5.75 Å². The first-order valence-electron chi connectivity index (χ1n) is 7.34. The van der Waals surface area contributed by atoms with E-state index in [1.165, 1.54) is 32.1 Å². The zero-order valence-corrected chi connectivity index (χ0v) is 12.1. The summed E-state index contributed by atoms with van der Waals surface area (Å²) in [7, 11) is 1.67. The van der Waals surface area contributed by atoms with E-state index < -0.39 is 6.10 Å². The fourth-order valence-electron chi connectivity index (χ4n) is 2.89. The number of ether oxygens (including phenoxy) is 1. The molecule has 1 heterocycles. The monoisotopic (exact) mass is 263 g/mol. The van der Waals surface area contributed by atoms with Gasteiger partial charge < -0.3 is 14.7 Å². The number of anilines is 1. The van der Waals surface area contributed by atoms with Crippen molar-refractivity contribution in [3.05, 3.63) is 23.8 Å². The van der Waals surface area contributed by atoms with Gasteiger partial charge in [-0.2, -0.15) is 0 Å². The molecule has 1 aliphatic rings. The molecule has 0 aliphatic carbocycles. The predicted molar refractivity (Wildman–Crippen MR) is 78.9 cm³/mol. The van der Waals surface area contributed by atoms with Gasteiger partial charge in [0.2, 0.25) is 0 Å². The van der Waals surface area contributed by atoms with Gasteiger partial charge in [0.15, 0.2) is 0 Å². The zero-order chi connectivity index (χ0) is 13.7. The van der Waals surface area contributed by atoms with Gasteiger partial charge in [0, 0.05) is 24.3 Å². The Hall–Kier alpha value is -1.22. The summed E-state index contributed by atoms with van der Waals surface area (Å²) < 4.78 is 5.41. The molecule has 0 bridgehead atoms. The number of hydrogen-bond acceptors (Lipinski definition) is 3. The number of rotatable bonds is 3. The lowest BCUT2D eigenvalue weighted by molar-refractivity contribution is 0.194. The Morgan fingerprint density at radius 3 is 2.32 bits per heavy atom. The summed E-state index contributed by atoms with van der Waals surface area (Å²) >= 11 is 0. The summed E-state index contributed by atoms with van der Waals surface area (Å²) in [5.74, 6) is 0.787. The zero-order valence-electron chi connectivity index (χ0n) is 12.1. The molecule has 1 saturated heterocycles. The SMILES string of the molecule is COc1cccc(N2CCCCCCC2)c1[C@H](C)O. The third-order valence-corrected chi connectivity index (χ3v) is 3.88. The summed E-state index contributed by atoms with van der Waals surface area (Å²) in [6.07, 6.45) is 5.94. The van der Waals surface area contributed by atoms with Crippen LogP contribution in [0.15, 0.2) is 18.2 Å². The first-order chi connectivity index (χ1) is 9.24. The van der Waals surface area contributed by atoms with E-state index in [2.05, 4.69) is 11.0 Å². The van der Waals surface area contributed by atoms with Crippen LogP contribution in [0.1, 0.15) is 50.7 Å². The van der Waals surface area contributed by atoms with Crippen molar-refractivity contribution in [1.29, 1.82) is 0 Å². The molecule has 1 N–H and O–H groups in total. The Kier molecular flexibility index (Phi) is 5.08. The van der Waals surface area contributed by atoms with Gasteiger partial charge in [0.05, 0.1) is 13.2 Å². The van der Waals surface area contributed by atoms with Gasteiger partial charge in [-0.05, 0) is 31.9 Å². The maximum atomic E-state index is 10.1. The molecule has 3 heteroatoms. The van der Waals surface area contributed by atoms with Crippen LogP contribution in [-0.2, 0) is 0 Å². The maximum Gasteiger partial charge on any atom is 0.126 e. The van der Waals surface area contributed by atoms with Crippen molar-refractivity contribution in [2.75, 3.05) is 25.1 Å². The van der Waals surface area contributed by atoms with Crippen LogP contribution < -0.4 is 9.64 Å². The molecule has 0 radical (unpaired) electrons. The summed E-state index contributed by atoms with van der Waals surface area (Å²) in [5.41, 5.74) is 2.06. The van der Waals surface area contributed by atoms with Crippen LogP contribution in [-0.4, -0.2) is 25.3 Å². The van der Waals surface area contributed by atoms with Crippen molar-refractivity contribution < 1.29 is 9.84 Å². The summed E-state index contributed by atoms with van der Waals surface area (Å²) in [5, 5.41) is 10.1. The number of aliphatic hydroxyl groups excluding tert-OH is 1. The van der Waals surface area contributed by atoms with Crippen LogP contribution in [0.25, 0.3) is 0 Å². The molecule has 1 aliphatic heterocycles. The van der Waals surface area contributed by atoms with Gasteiger partial charge in [0.1, 0.15) is 5.75 Å². The number of methoxy groups -OCH3 is 1. The fraction of sp³-hybridized carbons (Fsp3) is 0.625. The molecule has 19 heavy (non-hydrogen) atoms. The van der Waals surface area contributed by atoms with Gasteiger partial charge in [-0.1, -0.05) is 25.3 Å². The molecule has 0 saturated carbocycles. The van der Waals surface area contributed by atoms with Crippen LogP contribution in [0.2, 0.25) is 0 Å². The first-order valence-corrected chi connectivity index (χ1v) is 7.34. The number of hydrogen-bond donors (Lipinski definition) is 1. The first kappa shape index (κ1) is 14.2. The second kappa shape index (κ2) is 6.80. The lowest BCUT2D eigenvalue weighted by Crippen LogP contribution is -2.28. The molecular weight excluding hydrogens is 238 g/mol. The van der Waals surface area contributed by atoms with E-state index in [1.54, 1.807) is 7.11 Å². The van der Waals surface area contributed by atoms with Crippen molar-refractivity contribution in [3.63, 3.8) is 0 Å². The lowest BCUT2D eigenvalue weighted by atomic mass is 10.0. The van der Waals surface area contributed by atoms with Crippen LogP contribution in [0.4, 0.5) is 5.69 Å². The van der Waals surface area contributed by atoms with E-state index in [0.29, 0.717) is 0 Å². The standard InChI is InChI=1S/C16H25NO2/c1-13(18)16-14(9-8-10-15(16)19-2)17-11-6-4-3-5-7-12-17/h8-10,13,18H,3-7,11-12H2,1-2H3/t13-/m0/s1. The van der Waals surface area contributed by atoms with Crippen molar-refractivity contribution in [2.24, 2.45) is 0 Å². The fourth-order valence-corrected chi connectivity index (χ4v) is 2.89. The highest BCUT2D eigenvalue weighted by molar-refractivity contribution is 5.60. The van der Waals surface area contributed by atoms with Gasteiger partial charge in [-0.25, -0.2) is 0 Å². The predicted octanol–water partition coefficient (Wildman–Crippen LogP) is 3.52. The quantitative estimate of drug-likeness (QED) is 0.905. The molecule has 0 amide bonds. The minimum atomic E-state index is -0.503. The van der Waals surface area contributed by atoms with Crippen LogP contribution in [0, 0.1) is 0 Å². The van der Waals surface area contributed by atoms with E-state index in [-0.39, 0.29) is 0 Å². The van der Waals surface area contributed by atoms with Gasteiger partial charge in [0.25, 0.3) is 0 Å². The summed E-state index contributed by atoms with van der Waals surface area (Å²) in [4.78, 5) is 2.41. The topological polar surface area (TPSA) is 32.7 Å². The Balaban J connectivity index is 2.30. The normalized spacial score (nSPS) is 18.6. The molecular formula is C16H25NO2. The van der Waals surface area contributed by atoms with E-state index in [9.17, 15) is 5.11 Å². The Bertz CT molecular complexity index is 396. The smallest absolute Gasteiger partial charge is 0.126 e. The molecule has 1 aromatic carbocycles. The van der Waals surface area contributed by atoms with Gasteiger partial charge in [-0.15, -0.1) is 0 Å². The molecule has 0 aromatic heterocycles. The maximum absolute atomic E-state index is 10.1. The molecule has 106 valence electrons. The second-order valence-corrected chi connectivity index (χ2v) is 5.32. The van der Waals surface area contributed by atoms with Gasteiger partial charge >= 0.3 is 0 Å². The summed E-state index contributed by atoms with van der Waals surface area (Å²) in [6.45, 7) is 3.96. The molecule has 0 unspecified atom stereocenters. The minimum absolute atomic E-state index is 0.503. The molecule has 3 nitrogen and oxygen atoms in total. The van der Waals surface area contributed by atoms with Crippen molar-refractivity contribution in [3.8, 4) is 5.75 Å². The summed E-state index contributed by atoms with van der Waals surface area (Å²) in [6, 6.07) is 6.04. The third kappa shape index (κ3) is 3.41. The van der Waals surface area contributed by atoms with Crippen molar-refractivity contribution in [2.45, 2.75) is 45.1 Å². The van der Waals surface area contributed by atoms with E-state index in [4.69, 9.17) is 4.74 Å². The average Bonchev–Trinajstić information content (AvgIpc) is 2.37. The highest BCUT2D eigenvalue weighted by atomic mass is 16.5. The van der Waals surface area contributed by atoms with Gasteiger partial charge in [-0.3, -0.25) is 0 Å². The lowest BCUT2D eigenvalue weighted by Gasteiger charge is -2.30. The largest absolute Gasteiger partial charge is 0.496 e. The molecule has 0 spiro atoms. The van der Waals surface area contributed by atoms with E-state index in [0.717, 1.165) is 30.1 Å². The Morgan fingerprint density at radius 2 is 1.74 bits per heavy atom. The molecule has 2 rings (SSSR count). The molecule has 1 aromatic rings. The van der Waals surface area contributed by atoms with Crippen molar-refractivity contribution >= 4 is 5.69 Å². The Morgan fingerprint density at radius 1 is 1.11 bits per heavy atom. The molecule has 1 fully saturated rings. The van der Waals surface area contributed by atoms with Crippen LogP contribution >= 0.6 is 0 Å². The number of aliphatic hydroxyl groups is 1.